The van der Waals surface area contributed by atoms with Crippen LogP contribution in [0.3, 0.4) is 0 Å². The van der Waals surface area contributed by atoms with E-state index in [0.29, 0.717) is 24.1 Å². The Hall–Kier alpha value is -3.08. The van der Waals surface area contributed by atoms with E-state index in [1.165, 1.54) is 0 Å². The number of amides is 1. The Morgan fingerprint density at radius 2 is 1.46 bits per heavy atom. The molecule has 1 fully saturated rings. The molecule has 0 aliphatic heterocycles. The Morgan fingerprint density at radius 3 is 1.86 bits per heavy atom. The van der Waals surface area contributed by atoms with Crippen molar-refractivity contribution in [1.82, 2.24) is 5.32 Å². The largest absolute Gasteiger partial charge is 0.490 e. The molecular weight excluding hydrogens is 509 g/mol. The molecule has 0 radical (unpaired) electrons. The Bertz CT molecular complexity index is 1170. The van der Waals surface area contributed by atoms with E-state index in [1.807, 2.05) is 24.3 Å². The maximum atomic E-state index is 12.7. The molecule has 7 nitrogen and oxygen atoms in total. The zero-order chi connectivity index (χ0) is 28.0. The van der Waals surface area contributed by atoms with Crippen LogP contribution in [0.1, 0.15) is 51.7 Å². The number of hydrogen-bond acceptors (Lipinski definition) is 4. The number of halogens is 3. The number of carboxylic acid groups (broad SMARTS) is 1. The highest BCUT2D eigenvalue weighted by molar-refractivity contribution is 7.92. The van der Waals surface area contributed by atoms with Gasteiger partial charge in [0.2, 0.25) is 5.91 Å². The van der Waals surface area contributed by atoms with Gasteiger partial charge < -0.3 is 10.4 Å². The number of carbonyl (C=O) groups excluding carboxylic acids is 1. The molecular formula is C26H33F3N2O5S. The summed E-state index contributed by atoms with van der Waals surface area (Å²) in [6, 6.07) is 14.2. The number of rotatable bonds is 9. The van der Waals surface area contributed by atoms with Crippen molar-refractivity contribution in [1.29, 1.82) is 0 Å². The molecule has 1 aliphatic rings. The third-order valence-electron chi connectivity index (χ3n) is 5.67. The van der Waals surface area contributed by atoms with Crippen LogP contribution in [0.2, 0.25) is 0 Å². The molecule has 2 aromatic carbocycles. The lowest BCUT2D eigenvalue weighted by Gasteiger charge is -2.17. The van der Waals surface area contributed by atoms with Crippen LogP contribution >= 0.6 is 0 Å². The highest BCUT2D eigenvalue weighted by atomic mass is 32.2. The molecule has 0 unspecified atom stereocenters. The van der Waals surface area contributed by atoms with Crippen molar-refractivity contribution >= 4 is 27.6 Å². The monoisotopic (exact) mass is 542 g/mol. The lowest BCUT2D eigenvalue weighted by Crippen LogP contribution is -2.36. The molecule has 1 aliphatic carbocycles. The predicted molar refractivity (Wildman–Crippen MR) is 135 cm³/mol. The van der Waals surface area contributed by atoms with E-state index in [0.717, 1.165) is 30.4 Å². The first kappa shape index (κ1) is 30.1. The Labute approximate surface area is 215 Å². The molecule has 0 atom stereocenters. The molecule has 0 spiro atoms. The smallest absolute Gasteiger partial charge is 0.475 e. The summed E-state index contributed by atoms with van der Waals surface area (Å²) in [5, 5.41) is 10.1. The molecule has 0 heterocycles. The van der Waals surface area contributed by atoms with Gasteiger partial charge in [0.05, 0.1) is 10.3 Å². The van der Waals surface area contributed by atoms with E-state index < -0.39 is 27.6 Å². The molecule has 0 aromatic heterocycles. The van der Waals surface area contributed by atoms with Gasteiger partial charge in [-0.15, -0.1) is 0 Å². The van der Waals surface area contributed by atoms with Gasteiger partial charge >= 0.3 is 12.1 Å². The summed E-state index contributed by atoms with van der Waals surface area (Å²) in [6.45, 7) is 9.07. The van der Waals surface area contributed by atoms with Gasteiger partial charge in [0.25, 0.3) is 10.0 Å². The summed E-state index contributed by atoms with van der Waals surface area (Å²) < 4.78 is 59.8. The summed E-state index contributed by atoms with van der Waals surface area (Å²) in [7, 11) is -3.66. The average Bonchev–Trinajstić information content (AvgIpc) is 3.59. The Morgan fingerprint density at radius 1 is 0.946 bits per heavy atom. The van der Waals surface area contributed by atoms with Crippen LogP contribution in [0.5, 0.6) is 0 Å². The maximum Gasteiger partial charge on any atom is 0.490 e. The second-order valence-corrected chi connectivity index (χ2v) is 11.6. The van der Waals surface area contributed by atoms with E-state index in [-0.39, 0.29) is 10.8 Å². The minimum Gasteiger partial charge on any atom is -0.475 e. The first-order valence-corrected chi connectivity index (χ1v) is 13.4. The number of benzene rings is 2. The number of alkyl halides is 3. The predicted octanol–water partition coefficient (Wildman–Crippen LogP) is 5.12. The van der Waals surface area contributed by atoms with Crippen LogP contribution in [-0.2, 0) is 31.4 Å². The lowest BCUT2D eigenvalue weighted by molar-refractivity contribution is -0.192. The molecule has 3 rings (SSSR count). The van der Waals surface area contributed by atoms with Crippen LogP contribution in [0.4, 0.5) is 18.9 Å². The molecule has 2 aromatic rings. The molecule has 1 saturated carbocycles. The molecule has 204 valence electrons. The molecule has 0 saturated heterocycles. The average molecular weight is 543 g/mol. The first-order chi connectivity index (χ1) is 17.1. The van der Waals surface area contributed by atoms with Crippen molar-refractivity contribution in [2.24, 2.45) is 11.8 Å². The Kier molecular flexibility index (Phi) is 9.76. The fourth-order valence-electron chi connectivity index (χ4n) is 3.59. The zero-order valence-corrected chi connectivity index (χ0v) is 22.0. The summed E-state index contributed by atoms with van der Waals surface area (Å²) in [5.74, 6) is -1.77. The second-order valence-electron chi connectivity index (χ2n) is 9.91. The minimum absolute atomic E-state index is 0.0611. The first-order valence-electron chi connectivity index (χ1n) is 11.9. The van der Waals surface area contributed by atoms with E-state index >= 15 is 0 Å². The van der Waals surface area contributed by atoms with Gasteiger partial charge in [0, 0.05) is 12.2 Å². The Balaban J connectivity index is 0.000000604. The van der Waals surface area contributed by atoms with Gasteiger partial charge in [0.15, 0.2) is 0 Å². The number of nitrogens with one attached hydrogen (secondary N) is 2. The summed E-state index contributed by atoms with van der Waals surface area (Å²) in [6.07, 6.45) is -2.52. The van der Waals surface area contributed by atoms with Gasteiger partial charge in [0.1, 0.15) is 0 Å². The third-order valence-corrected chi connectivity index (χ3v) is 7.06. The number of carboxylic acids is 1. The highest BCUT2D eigenvalue weighted by Gasteiger charge is 2.51. The topological polar surface area (TPSA) is 113 Å². The van der Waals surface area contributed by atoms with Gasteiger partial charge in [-0.25, -0.2) is 13.2 Å². The SMILES string of the molecule is CC(C)CNC(=O)C1(c2ccc(NS(=O)(=O)c3ccc(CC(C)C)cc3)cc2)CC1.O=C(O)C(F)(F)F. The minimum atomic E-state index is -5.08. The van der Waals surface area contributed by atoms with E-state index in [1.54, 1.807) is 24.3 Å². The summed E-state index contributed by atoms with van der Waals surface area (Å²) in [5.41, 5.74) is 2.09. The normalized spacial score (nSPS) is 14.5. The fourth-order valence-corrected chi connectivity index (χ4v) is 4.64. The molecule has 37 heavy (non-hydrogen) atoms. The standard InChI is InChI=1S/C24H32N2O3S.C2HF3O2/c1-17(2)15-19-5-11-22(12-6-19)30(28,29)26-21-9-7-20(8-10-21)24(13-14-24)23(27)25-16-18(3)4;3-2(4,5)1(6)7/h5-12,17-18,26H,13-16H2,1-4H3,(H,25,27);(H,6,7). The van der Waals surface area contributed by atoms with Crippen LogP contribution in [0.25, 0.3) is 0 Å². The van der Waals surface area contributed by atoms with Crippen LogP contribution in [0, 0.1) is 11.8 Å². The van der Waals surface area contributed by atoms with Gasteiger partial charge in [-0.2, -0.15) is 13.2 Å². The van der Waals surface area contributed by atoms with Gasteiger partial charge in [-0.1, -0.05) is 52.0 Å². The van der Waals surface area contributed by atoms with Gasteiger partial charge in [-0.05, 0) is 66.5 Å². The van der Waals surface area contributed by atoms with E-state index in [2.05, 4.69) is 37.7 Å². The summed E-state index contributed by atoms with van der Waals surface area (Å²) in [4.78, 5) is 21.7. The van der Waals surface area contributed by atoms with Crippen molar-refractivity contribution < 1.29 is 36.3 Å². The van der Waals surface area contributed by atoms with Crippen LogP contribution in [0.15, 0.2) is 53.4 Å². The zero-order valence-electron chi connectivity index (χ0n) is 21.2. The lowest BCUT2D eigenvalue weighted by atomic mass is 9.94. The highest BCUT2D eigenvalue weighted by Crippen LogP contribution is 2.48. The number of carbonyl (C=O) groups is 2. The van der Waals surface area contributed by atoms with Crippen molar-refractivity contribution in [2.75, 3.05) is 11.3 Å². The molecule has 1 amide bonds. The van der Waals surface area contributed by atoms with Crippen LogP contribution in [-0.4, -0.2) is 38.1 Å². The maximum absolute atomic E-state index is 12.7. The number of hydrogen-bond donors (Lipinski definition) is 3. The van der Waals surface area contributed by atoms with Crippen LogP contribution < -0.4 is 10.0 Å². The number of aliphatic carboxylic acids is 1. The van der Waals surface area contributed by atoms with Crippen molar-refractivity contribution in [3.05, 3.63) is 59.7 Å². The van der Waals surface area contributed by atoms with E-state index in [4.69, 9.17) is 9.90 Å². The summed E-state index contributed by atoms with van der Waals surface area (Å²) >= 11 is 0. The van der Waals surface area contributed by atoms with Crippen molar-refractivity contribution in [3.63, 3.8) is 0 Å². The quantitative estimate of drug-likeness (QED) is 0.407. The third kappa shape index (κ3) is 8.77. The molecule has 11 heteroatoms. The molecule has 0 bridgehead atoms. The van der Waals surface area contributed by atoms with Crippen molar-refractivity contribution in [2.45, 2.75) is 63.4 Å². The molecule has 3 N–H and O–H groups in total. The number of sulfonamides is 1. The fraction of sp³-hybridized carbons (Fsp3) is 0.462. The van der Waals surface area contributed by atoms with Crippen molar-refractivity contribution in [3.8, 4) is 0 Å². The second kappa shape index (κ2) is 12.0. The van der Waals surface area contributed by atoms with E-state index in [9.17, 15) is 26.4 Å². The number of anilines is 1. The van der Waals surface area contributed by atoms with Gasteiger partial charge in [-0.3, -0.25) is 9.52 Å².